The smallest absolute Gasteiger partial charge is 0.240 e. The molecule has 0 fully saturated rings. The van der Waals surface area contributed by atoms with Crippen LogP contribution in [0.2, 0.25) is 0 Å². The van der Waals surface area contributed by atoms with E-state index in [2.05, 4.69) is 83.3 Å². The van der Waals surface area contributed by atoms with Gasteiger partial charge in [-0.05, 0) is 64.1 Å². The molecule has 2 N–H and O–H groups in total. The zero-order chi connectivity index (χ0) is 27.2. The first-order chi connectivity index (χ1) is 17.3. The number of hydrogen-bond donors (Lipinski definition) is 2. The zero-order valence-corrected chi connectivity index (χ0v) is 23.2. The van der Waals surface area contributed by atoms with Crippen molar-refractivity contribution in [3.05, 3.63) is 94.0 Å². The molecule has 0 unspecified atom stereocenters. The lowest BCUT2D eigenvalue weighted by Crippen LogP contribution is -2.20. The molecule has 0 saturated carbocycles. The van der Waals surface area contributed by atoms with Gasteiger partial charge in [-0.1, -0.05) is 95.6 Å². The molecule has 0 aliphatic heterocycles. The average molecular weight is 501 g/mol. The molecule has 0 aliphatic rings. The number of rotatable bonds is 8. The highest BCUT2D eigenvalue weighted by Crippen LogP contribution is 2.40. The molecule has 3 aromatic carbocycles. The number of benzene rings is 3. The third-order valence-electron chi connectivity index (χ3n) is 6.21. The van der Waals surface area contributed by atoms with Crippen LogP contribution in [0.25, 0.3) is 0 Å². The minimum Gasteiger partial charge on any atom is -0.507 e. The fraction of sp³-hybridized carbons (Fsp3) is 0.375. The van der Waals surface area contributed by atoms with Crippen LogP contribution in [-0.2, 0) is 28.7 Å². The molecule has 0 spiro atoms. The van der Waals surface area contributed by atoms with Gasteiger partial charge in [-0.3, -0.25) is 4.79 Å². The van der Waals surface area contributed by atoms with Crippen LogP contribution in [0.15, 0.2) is 65.8 Å². The van der Waals surface area contributed by atoms with E-state index in [0.717, 1.165) is 33.6 Å². The number of hydrazone groups is 1. The van der Waals surface area contributed by atoms with E-state index in [-0.39, 0.29) is 16.7 Å². The standard InChI is InChI=1S/C32H40N2O3/c1-22-11-13-23(14-12-22)21-37-26-10-8-9-25(17-26)20-33-34-29(35)16-15-24-18-27(31(2,3)4)30(36)28(19-24)32(5,6)7/h8-14,17-20,36H,15-16,21H2,1-7H3,(H,34,35)/b33-20-. The lowest BCUT2D eigenvalue weighted by molar-refractivity contribution is -0.121. The predicted octanol–water partition coefficient (Wildman–Crippen LogP) is 6.96. The SMILES string of the molecule is Cc1ccc(COc2cccc(/C=N\NC(=O)CCc3cc(C(C)(C)C)c(O)c(C(C)(C)C)c3)c2)cc1. The minimum absolute atomic E-state index is 0.161. The predicted molar refractivity (Wildman–Crippen MR) is 152 cm³/mol. The van der Waals surface area contributed by atoms with Gasteiger partial charge in [0.1, 0.15) is 18.1 Å². The van der Waals surface area contributed by atoms with E-state index in [1.807, 2.05) is 36.4 Å². The van der Waals surface area contributed by atoms with Crippen LogP contribution in [0, 0.1) is 6.92 Å². The Morgan fingerprint density at radius 3 is 2.14 bits per heavy atom. The van der Waals surface area contributed by atoms with E-state index in [4.69, 9.17) is 4.74 Å². The zero-order valence-electron chi connectivity index (χ0n) is 23.2. The van der Waals surface area contributed by atoms with Crippen molar-refractivity contribution in [2.24, 2.45) is 5.10 Å². The molecule has 1 amide bonds. The number of aryl methyl sites for hydroxylation is 2. The minimum atomic E-state index is -0.203. The molecule has 0 saturated heterocycles. The highest BCUT2D eigenvalue weighted by molar-refractivity contribution is 5.82. The molecule has 5 heteroatoms. The van der Waals surface area contributed by atoms with E-state index < -0.39 is 0 Å². The molecular formula is C32H40N2O3. The van der Waals surface area contributed by atoms with Crippen LogP contribution < -0.4 is 10.2 Å². The van der Waals surface area contributed by atoms with Crippen LogP contribution in [0.1, 0.15) is 81.3 Å². The van der Waals surface area contributed by atoms with E-state index in [1.54, 1.807) is 6.21 Å². The first-order valence-electron chi connectivity index (χ1n) is 12.8. The molecule has 3 aromatic rings. The number of carbonyl (C=O) groups excluding carboxylic acids is 1. The maximum absolute atomic E-state index is 12.5. The highest BCUT2D eigenvalue weighted by Gasteiger charge is 2.26. The Kier molecular flexibility index (Phi) is 8.80. The van der Waals surface area contributed by atoms with Gasteiger partial charge < -0.3 is 9.84 Å². The Morgan fingerprint density at radius 2 is 1.54 bits per heavy atom. The number of phenolic OH excluding ortho intramolecular Hbond substituents is 1. The van der Waals surface area contributed by atoms with Crippen LogP contribution in [0.3, 0.4) is 0 Å². The van der Waals surface area contributed by atoms with E-state index in [0.29, 0.717) is 25.2 Å². The molecule has 196 valence electrons. The number of ether oxygens (including phenoxy) is 1. The van der Waals surface area contributed by atoms with Crippen LogP contribution >= 0.6 is 0 Å². The second-order valence-electron chi connectivity index (χ2n) is 11.7. The van der Waals surface area contributed by atoms with Crippen molar-refractivity contribution in [1.29, 1.82) is 0 Å². The number of amides is 1. The van der Waals surface area contributed by atoms with Gasteiger partial charge >= 0.3 is 0 Å². The number of hydrogen-bond acceptors (Lipinski definition) is 4. The lowest BCUT2D eigenvalue weighted by Gasteiger charge is -2.28. The molecule has 0 bridgehead atoms. The van der Waals surface area contributed by atoms with Crippen molar-refractivity contribution in [2.45, 2.75) is 78.7 Å². The summed E-state index contributed by atoms with van der Waals surface area (Å²) in [6.07, 6.45) is 2.48. The summed E-state index contributed by atoms with van der Waals surface area (Å²) in [5.74, 6) is 0.932. The van der Waals surface area contributed by atoms with Gasteiger partial charge in [-0.15, -0.1) is 0 Å². The van der Waals surface area contributed by atoms with Crippen LogP contribution in [0.4, 0.5) is 0 Å². The van der Waals surface area contributed by atoms with Crippen molar-refractivity contribution < 1.29 is 14.6 Å². The Hall–Kier alpha value is -3.60. The number of nitrogens with one attached hydrogen (secondary N) is 1. The topological polar surface area (TPSA) is 70.9 Å². The quantitative estimate of drug-likeness (QED) is 0.259. The van der Waals surface area contributed by atoms with Gasteiger partial charge in [0.05, 0.1) is 6.21 Å². The van der Waals surface area contributed by atoms with Crippen molar-refractivity contribution >= 4 is 12.1 Å². The van der Waals surface area contributed by atoms with Crippen molar-refractivity contribution in [3.63, 3.8) is 0 Å². The van der Waals surface area contributed by atoms with Crippen molar-refractivity contribution in [1.82, 2.24) is 5.43 Å². The molecular weight excluding hydrogens is 460 g/mol. The second-order valence-corrected chi connectivity index (χ2v) is 11.7. The number of aromatic hydroxyl groups is 1. The molecule has 37 heavy (non-hydrogen) atoms. The average Bonchev–Trinajstić information content (AvgIpc) is 2.82. The maximum atomic E-state index is 12.5. The van der Waals surface area contributed by atoms with E-state index >= 15 is 0 Å². The largest absolute Gasteiger partial charge is 0.507 e. The van der Waals surface area contributed by atoms with Gasteiger partial charge in [0.25, 0.3) is 0 Å². The Morgan fingerprint density at radius 1 is 0.919 bits per heavy atom. The van der Waals surface area contributed by atoms with Crippen LogP contribution in [-0.4, -0.2) is 17.2 Å². The molecule has 0 aromatic heterocycles. The summed E-state index contributed by atoms with van der Waals surface area (Å²) in [6.45, 7) is 15.1. The summed E-state index contributed by atoms with van der Waals surface area (Å²) in [7, 11) is 0. The number of carbonyl (C=O) groups is 1. The summed E-state index contributed by atoms with van der Waals surface area (Å²) in [6, 6.07) is 19.9. The van der Waals surface area contributed by atoms with E-state index in [1.165, 1.54) is 5.56 Å². The van der Waals surface area contributed by atoms with Gasteiger partial charge in [0.15, 0.2) is 0 Å². The number of nitrogens with zero attached hydrogens (tertiary/aromatic N) is 1. The summed E-state index contributed by atoms with van der Waals surface area (Å²) >= 11 is 0. The maximum Gasteiger partial charge on any atom is 0.240 e. The van der Waals surface area contributed by atoms with Crippen LogP contribution in [0.5, 0.6) is 11.5 Å². The molecule has 0 radical (unpaired) electrons. The molecule has 0 atom stereocenters. The first-order valence-corrected chi connectivity index (χ1v) is 12.8. The summed E-state index contributed by atoms with van der Waals surface area (Å²) in [5, 5.41) is 15.0. The van der Waals surface area contributed by atoms with Gasteiger partial charge in [-0.2, -0.15) is 5.10 Å². The van der Waals surface area contributed by atoms with Gasteiger partial charge in [0.2, 0.25) is 5.91 Å². The fourth-order valence-electron chi connectivity index (χ4n) is 4.01. The molecule has 0 heterocycles. The molecule has 3 rings (SSSR count). The summed E-state index contributed by atoms with van der Waals surface area (Å²) in [5.41, 5.74) is 8.22. The third kappa shape index (κ3) is 8.21. The normalized spacial score (nSPS) is 12.1. The molecule has 5 nitrogen and oxygen atoms in total. The third-order valence-corrected chi connectivity index (χ3v) is 6.21. The highest BCUT2D eigenvalue weighted by atomic mass is 16.5. The monoisotopic (exact) mass is 500 g/mol. The van der Waals surface area contributed by atoms with E-state index in [9.17, 15) is 9.90 Å². The lowest BCUT2D eigenvalue weighted by atomic mass is 9.78. The first kappa shape index (κ1) is 28.0. The Labute approximate surface area is 221 Å². The Bertz CT molecular complexity index is 1210. The van der Waals surface area contributed by atoms with Gasteiger partial charge in [0, 0.05) is 6.42 Å². The fourth-order valence-corrected chi connectivity index (χ4v) is 4.01. The summed E-state index contributed by atoms with van der Waals surface area (Å²) < 4.78 is 5.90. The van der Waals surface area contributed by atoms with Gasteiger partial charge in [-0.25, -0.2) is 5.43 Å². The Balaban J connectivity index is 1.58. The van der Waals surface area contributed by atoms with Crippen molar-refractivity contribution in [3.8, 4) is 11.5 Å². The van der Waals surface area contributed by atoms with Crippen molar-refractivity contribution in [2.75, 3.05) is 0 Å². The summed E-state index contributed by atoms with van der Waals surface area (Å²) in [4.78, 5) is 12.5. The molecule has 0 aliphatic carbocycles. The second kappa shape index (κ2) is 11.6. The number of phenols is 1.